The third kappa shape index (κ3) is 10.2. The van der Waals surface area contributed by atoms with E-state index in [1.165, 1.54) is 6.08 Å². The molecule has 0 aliphatic carbocycles. The Kier molecular flexibility index (Phi) is 11.4. The molecule has 0 aliphatic rings. The minimum Gasteiger partial charge on any atom is -0.548 e. The van der Waals surface area contributed by atoms with E-state index >= 15 is 0 Å². The fourth-order valence-electron chi connectivity index (χ4n) is 0.623. The second-order valence-corrected chi connectivity index (χ2v) is 2.30. The summed E-state index contributed by atoms with van der Waals surface area (Å²) in [5, 5.41) is 12.5. The van der Waals surface area contributed by atoms with Crippen LogP contribution in [0.25, 0.3) is 0 Å². The number of hydrogen-bond acceptors (Lipinski definition) is 5. The summed E-state index contributed by atoms with van der Waals surface area (Å²) in [5.41, 5.74) is 0.433. The van der Waals surface area contributed by atoms with Crippen molar-refractivity contribution in [1.82, 2.24) is 5.32 Å². The van der Waals surface area contributed by atoms with E-state index in [1.54, 1.807) is 13.8 Å². The van der Waals surface area contributed by atoms with Gasteiger partial charge in [0.2, 0.25) is 0 Å². The second kappa shape index (κ2) is 9.66. The van der Waals surface area contributed by atoms with Crippen molar-refractivity contribution < 1.29 is 70.8 Å². The number of carboxylic acids is 1. The Morgan fingerprint density at radius 3 is 2.50 bits per heavy atom. The third-order valence-corrected chi connectivity index (χ3v) is 1.13. The molecule has 0 spiro atoms. The first-order valence-corrected chi connectivity index (χ1v) is 3.85. The van der Waals surface area contributed by atoms with Gasteiger partial charge in [0, 0.05) is 11.8 Å². The molecule has 0 heterocycles. The van der Waals surface area contributed by atoms with Crippen molar-refractivity contribution >= 4 is 11.9 Å². The van der Waals surface area contributed by atoms with Gasteiger partial charge in [0.1, 0.15) is 0 Å². The summed E-state index contributed by atoms with van der Waals surface area (Å²) in [6.45, 7) is 3.24. The van der Waals surface area contributed by atoms with Crippen LogP contribution in [0, 0.1) is 0 Å². The topological polar surface area (TPSA) is 78.5 Å². The van der Waals surface area contributed by atoms with Crippen LogP contribution in [0.4, 0.5) is 0 Å². The summed E-state index contributed by atoms with van der Waals surface area (Å²) in [5.74, 6) is -1.72. The number of esters is 1. The molecule has 1 N–H and O–H groups in total. The molecule has 0 atom stereocenters. The molecule has 5 nitrogen and oxygen atoms in total. The number of carbonyl (C=O) groups is 2. The average Bonchev–Trinajstić information content (AvgIpc) is 2.01. The molecule has 74 valence electrons. The van der Waals surface area contributed by atoms with Gasteiger partial charge in [-0.2, -0.15) is 0 Å². The van der Waals surface area contributed by atoms with Crippen molar-refractivity contribution in [3.05, 3.63) is 11.8 Å². The molecule has 0 aliphatic heterocycles. The molecule has 0 bridgehead atoms. The predicted molar refractivity (Wildman–Crippen MR) is 43.4 cm³/mol. The molecular weight excluding hydrogens is 213 g/mol. The molecule has 14 heavy (non-hydrogen) atoms. The minimum atomic E-state index is -1.23. The maximum atomic E-state index is 10.8. The first kappa shape index (κ1) is 16.5. The number of carboxylic acid groups (broad SMARTS) is 1. The number of carbonyl (C=O) groups excluding carboxylic acids is 2. The SMILES string of the molecule is CCOC(=O)/C=C(\C)NCC(=O)[O-].[K+]. The van der Waals surface area contributed by atoms with Crippen LogP contribution in [0.2, 0.25) is 0 Å². The molecule has 0 amide bonds. The standard InChI is InChI=1S/C8H13NO4.K/c1-3-13-8(12)4-6(2)9-5-7(10)11;/h4,9H,3,5H2,1-2H3,(H,10,11);/q;+1/p-1/b6-4+;. The van der Waals surface area contributed by atoms with Crippen LogP contribution in [0.1, 0.15) is 13.8 Å². The smallest absolute Gasteiger partial charge is 0.548 e. The largest absolute Gasteiger partial charge is 1.00 e. The van der Waals surface area contributed by atoms with E-state index in [2.05, 4.69) is 10.1 Å². The van der Waals surface area contributed by atoms with Gasteiger partial charge in [0.15, 0.2) is 0 Å². The second-order valence-electron chi connectivity index (χ2n) is 2.30. The summed E-state index contributed by atoms with van der Waals surface area (Å²) >= 11 is 0. The Morgan fingerprint density at radius 2 is 2.07 bits per heavy atom. The fraction of sp³-hybridized carbons (Fsp3) is 0.500. The van der Waals surface area contributed by atoms with Crippen LogP contribution in [0.5, 0.6) is 0 Å². The van der Waals surface area contributed by atoms with Gasteiger partial charge >= 0.3 is 57.4 Å². The van der Waals surface area contributed by atoms with E-state index < -0.39 is 11.9 Å². The van der Waals surface area contributed by atoms with E-state index in [-0.39, 0.29) is 57.9 Å². The number of allylic oxidation sites excluding steroid dienone is 1. The zero-order valence-corrected chi connectivity index (χ0v) is 11.7. The molecular formula is C8H12KNO4. The molecule has 0 saturated heterocycles. The van der Waals surface area contributed by atoms with E-state index in [0.29, 0.717) is 12.3 Å². The van der Waals surface area contributed by atoms with Gasteiger partial charge in [-0.25, -0.2) is 4.79 Å². The van der Waals surface area contributed by atoms with Gasteiger partial charge in [-0.05, 0) is 13.8 Å². The maximum absolute atomic E-state index is 10.8. The van der Waals surface area contributed by atoms with E-state index in [0.717, 1.165) is 0 Å². The Morgan fingerprint density at radius 1 is 1.50 bits per heavy atom. The Hall–Kier alpha value is 0.116. The van der Waals surface area contributed by atoms with Crippen molar-refractivity contribution in [2.75, 3.05) is 13.2 Å². The Bertz CT molecular complexity index is 227. The van der Waals surface area contributed by atoms with Crippen LogP contribution in [-0.4, -0.2) is 25.1 Å². The maximum Gasteiger partial charge on any atom is 1.00 e. The molecule has 0 saturated carbocycles. The molecule has 6 heteroatoms. The van der Waals surface area contributed by atoms with Crippen LogP contribution >= 0.6 is 0 Å². The van der Waals surface area contributed by atoms with Crippen LogP contribution in [0.3, 0.4) is 0 Å². The quantitative estimate of drug-likeness (QED) is 0.291. The number of hydrogen-bond donors (Lipinski definition) is 1. The summed E-state index contributed by atoms with van der Waals surface area (Å²) in [4.78, 5) is 20.8. The van der Waals surface area contributed by atoms with Gasteiger partial charge in [-0.1, -0.05) is 0 Å². The van der Waals surface area contributed by atoms with Crippen LogP contribution < -0.4 is 61.8 Å². The molecule has 0 aromatic heterocycles. The van der Waals surface area contributed by atoms with Gasteiger partial charge in [0.05, 0.1) is 19.1 Å². The monoisotopic (exact) mass is 225 g/mol. The minimum absolute atomic E-state index is 0. The van der Waals surface area contributed by atoms with Crippen molar-refractivity contribution in [3.63, 3.8) is 0 Å². The summed E-state index contributed by atoms with van der Waals surface area (Å²) in [6.07, 6.45) is 1.19. The number of ether oxygens (including phenoxy) is 1. The summed E-state index contributed by atoms with van der Waals surface area (Å²) in [6, 6.07) is 0. The third-order valence-electron chi connectivity index (χ3n) is 1.13. The molecule has 0 radical (unpaired) electrons. The van der Waals surface area contributed by atoms with E-state index in [4.69, 9.17) is 0 Å². The normalized spacial score (nSPS) is 10.0. The molecule has 0 rings (SSSR count). The number of rotatable bonds is 5. The van der Waals surface area contributed by atoms with Crippen molar-refractivity contribution in [2.24, 2.45) is 0 Å². The molecule has 0 unspecified atom stereocenters. The predicted octanol–water partition coefficient (Wildman–Crippen LogP) is -4.20. The van der Waals surface area contributed by atoms with Gasteiger partial charge in [-0.3, -0.25) is 0 Å². The van der Waals surface area contributed by atoms with E-state index in [9.17, 15) is 14.7 Å². The van der Waals surface area contributed by atoms with Gasteiger partial charge < -0.3 is 20.0 Å². The zero-order chi connectivity index (χ0) is 10.3. The molecule has 0 aromatic carbocycles. The van der Waals surface area contributed by atoms with Gasteiger partial charge in [-0.15, -0.1) is 0 Å². The van der Waals surface area contributed by atoms with E-state index in [1.807, 2.05) is 0 Å². The summed E-state index contributed by atoms with van der Waals surface area (Å²) < 4.78 is 4.60. The Balaban J connectivity index is 0. The van der Waals surface area contributed by atoms with Crippen LogP contribution in [-0.2, 0) is 14.3 Å². The summed E-state index contributed by atoms with van der Waals surface area (Å²) in [7, 11) is 0. The first-order valence-electron chi connectivity index (χ1n) is 3.85. The first-order chi connectivity index (χ1) is 6.06. The fourth-order valence-corrected chi connectivity index (χ4v) is 0.623. The van der Waals surface area contributed by atoms with Gasteiger partial charge in [0.25, 0.3) is 0 Å². The molecule has 0 aromatic rings. The number of aliphatic carboxylic acids is 1. The zero-order valence-electron chi connectivity index (χ0n) is 8.62. The average molecular weight is 225 g/mol. The van der Waals surface area contributed by atoms with Crippen molar-refractivity contribution in [3.8, 4) is 0 Å². The van der Waals surface area contributed by atoms with Crippen molar-refractivity contribution in [2.45, 2.75) is 13.8 Å². The molecule has 0 fully saturated rings. The number of nitrogens with one attached hydrogen (secondary N) is 1. The van der Waals surface area contributed by atoms with Crippen LogP contribution in [0.15, 0.2) is 11.8 Å². The Labute approximate surface area is 125 Å². The van der Waals surface area contributed by atoms with Crippen molar-refractivity contribution in [1.29, 1.82) is 0 Å².